The summed E-state index contributed by atoms with van der Waals surface area (Å²) < 4.78 is 0. The molecular formula is C17H23N3O3S. The van der Waals surface area contributed by atoms with Crippen LogP contribution in [0.25, 0.3) is 5.57 Å². The number of anilines is 2. The third kappa shape index (κ3) is 4.87. The molecular weight excluding hydrogens is 326 g/mol. The standard InChI is InChI=1S/C17H23N3O3S/c18-17-2-1-14(20(4-7-22)5-8-23)10-16(17)13-9-15(24-12-13)11-19-3-6-21/h1-2,10,12,21-23H,3-9,18H2. The molecule has 6 nitrogen and oxygen atoms in total. The van der Waals surface area contributed by atoms with E-state index in [4.69, 9.17) is 10.8 Å². The van der Waals surface area contributed by atoms with Crippen LogP contribution in [0.5, 0.6) is 0 Å². The highest BCUT2D eigenvalue weighted by molar-refractivity contribution is 8.06. The third-order valence-corrected chi connectivity index (χ3v) is 4.52. The highest BCUT2D eigenvalue weighted by atomic mass is 32.2. The predicted molar refractivity (Wildman–Crippen MR) is 100 cm³/mol. The number of nitrogens with zero attached hydrogens (tertiary/aromatic N) is 2. The Morgan fingerprint density at radius 1 is 1.17 bits per heavy atom. The highest BCUT2D eigenvalue weighted by Gasteiger charge is 2.17. The van der Waals surface area contributed by atoms with Crippen molar-refractivity contribution in [3.8, 4) is 0 Å². The lowest BCUT2D eigenvalue weighted by molar-refractivity contribution is 0.281. The first-order valence-corrected chi connectivity index (χ1v) is 8.69. The van der Waals surface area contributed by atoms with Crippen molar-refractivity contribution >= 4 is 34.6 Å². The molecule has 0 radical (unpaired) electrons. The lowest BCUT2D eigenvalue weighted by Gasteiger charge is -2.24. The number of hydrogen-bond donors (Lipinski definition) is 4. The molecule has 7 heteroatoms. The van der Waals surface area contributed by atoms with Crippen molar-refractivity contribution in [2.75, 3.05) is 50.1 Å². The van der Waals surface area contributed by atoms with Gasteiger partial charge in [-0.05, 0) is 35.1 Å². The fraction of sp³-hybridized carbons (Fsp3) is 0.412. The quantitative estimate of drug-likeness (QED) is 0.414. The van der Waals surface area contributed by atoms with E-state index in [1.807, 2.05) is 28.5 Å². The van der Waals surface area contributed by atoms with Crippen LogP contribution in [0, 0.1) is 0 Å². The summed E-state index contributed by atoms with van der Waals surface area (Å²) in [5.74, 6) is 2.95. The number of benzene rings is 1. The molecule has 0 amide bonds. The van der Waals surface area contributed by atoms with Gasteiger partial charge in [0.25, 0.3) is 0 Å². The van der Waals surface area contributed by atoms with Crippen LogP contribution in [0.2, 0.25) is 0 Å². The molecule has 130 valence electrons. The molecule has 1 heterocycles. The first kappa shape index (κ1) is 18.6. The summed E-state index contributed by atoms with van der Waals surface area (Å²) in [4.78, 5) is 6.94. The van der Waals surface area contributed by atoms with E-state index in [0.29, 0.717) is 31.7 Å². The number of aliphatic imine (C=N–C) groups is 1. The molecule has 1 aliphatic heterocycles. The number of hydrogen-bond acceptors (Lipinski definition) is 7. The Balaban J connectivity index is 2.22. The van der Waals surface area contributed by atoms with Gasteiger partial charge in [-0.1, -0.05) is 11.8 Å². The zero-order valence-electron chi connectivity index (χ0n) is 13.5. The fourth-order valence-corrected chi connectivity index (χ4v) is 3.30. The van der Waals surface area contributed by atoms with Crippen molar-refractivity contribution in [3.63, 3.8) is 0 Å². The van der Waals surface area contributed by atoms with E-state index in [-0.39, 0.29) is 19.8 Å². The third-order valence-electron chi connectivity index (χ3n) is 3.60. The van der Waals surface area contributed by atoms with Crippen LogP contribution in [0.4, 0.5) is 11.4 Å². The summed E-state index contributed by atoms with van der Waals surface area (Å²) in [5.41, 5.74) is 9.77. The molecule has 0 saturated heterocycles. The molecule has 24 heavy (non-hydrogen) atoms. The molecule has 0 aliphatic carbocycles. The normalized spacial score (nSPS) is 13.6. The Hall–Kier alpha value is -1.76. The number of nitrogens with two attached hydrogens (primary N) is 1. The maximum Gasteiger partial charge on any atom is 0.0715 e. The second kappa shape index (κ2) is 9.52. The van der Waals surface area contributed by atoms with E-state index >= 15 is 0 Å². The molecule has 0 bridgehead atoms. The van der Waals surface area contributed by atoms with Crippen molar-refractivity contribution < 1.29 is 15.3 Å². The van der Waals surface area contributed by atoms with E-state index in [9.17, 15) is 10.2 Å². The molecule has 5 N–H and O–H groups in total. The van der Waals surface area contributed by atoms with Crippen LogP contribution >= 0.6 is 11.8 Å². The minimum Gasteiger partial charge on any atom is -0.398 e. The molecule has 2 rings (SSSR count). The van der Waals surface area contributed by atoms with Gasteiger partial charge in [0.1, 0.15) is 0 Å². The second-order valence-electron chi connectivity index (χ2n) is 5.28. The van der Waals surface area contributed by atoms with Gasteiger partial charge in [-0.2, -0.15) is 0 Å². The van der Waals surface area contributed by atoms with Gasteiger partial charge in [-0.25, -0.2) is 4.99 Å². The van der Waals surface area contributed by atoms with Crippen molar-refractivity contribution in [2.45, 2.75) is 6.42 Å². The highest BCUT2D eigenvalue weighted by Crippen LogP contribution is 2.40. The molecule has 0 aromatic heterocycles. The minimum atomic E-state index is 0.0196. The van der Waals surface area contributed by atoms with Crippen molar-refractivity contribution in [1.29, 1.82) is 0 Å². The Labute approximate surface area is 146 Å². The molecule has 1 aliphatic rings. The van der Waals surface area contributed by atoms with Gasteiger partial charge in [0.15, 0.2) is 0 Å². The fourth-order valence-electron chi connectivity index (χ4n) is 2.45. The predicted octanol–water partition coefficient (Wildman–Crippen LogP) is 1.08. The number of rotatable bonds is 8. The first-order chi connectivity index (χ1) is 11.7. The minimum absolute atomic E-state index is 0.0196. The van der Waals surface area contributed by atoms with Crippen LogP contribution in [-0.4, -0.2) is 60.6 Å². The van der Waals surface area contributed by atoms with Gasteiger partial charge >= 0.3 is 0 Å². The monoisotopic (exact) mass is 349 g/mol. The topological polar surface area (TPSA) is 102 Å². The van der Waals surface area contributed by atoms with Gasteiger partial charge in [-0.15, -0.1) is 0 Å². The lowest BCUT2D eigenvalue weighted by Crippen LogP contribution is -2.29. The largest absolute Gasteiger partial charge is 0.398 e. The molecule has 0 spiro atoms. The van der Waals surface area contributed by atoms with Crippen molar-refractivity contribution in [3.05, 3.63) is 34.1 Å². The van der Waals surface area contributed by atoms with Crippen molar-refractivity contribution in [1.82, 2.24) is 0 Å². The molecule has 0 atom stereocenters. The van der Waals surface area contributed by atoms with E-state index in [1.165, 1.54) is 0 Å². The summed E-state index contributed by atoms with van der Waals surface area (Å²) in [7, 11) is 0. The molecule has 0 fully saturated rings. The number of thioether (sulfide) groups is 1. The van der Waals surface area contributed by atoms with E-state index in [2.05, 4.69) is 10.9 Å². The van der Waals surface area contributed by atoms with Crippen LogP contribution in [-0.2, 0) is 0 Å². The smallest absolute Gasteiger partial charge is 0.0715 e. The average molecular weight is 349 g/mol. The Morgan fingerprint density at radius 2 is 1.92 bits per heavy atom. The van der Waals surface area contributed by atoms with Crippen LogP contribution in [0.3, 0.4) is 0 Å². The van der Waals surface area contributed by atoms with Crippen molar-refractivity contribution in [2.24, 2.45) is 4.99 Å². The van der Waals surface area contributed by atoms with E-state index in [1.54, 1.807) is 11.8 Å². The Kier molecular flexibility index (Phi) is 7.36. The van der Waals surface area contributed by atoms with Gasteiger partial charge in [0.05, 0.1) is 31.3 Å². The van der Waals surface area contributed by atoms with Gasteiger partial charge in [-0.3, -0.25) is 0 Å². The van der Waals surface area contributed by atoms with Crippen LogP contribution < -0.4 is 10.6 Å². The molecule has 1 aromatic rings. The summed E-state index contributed by atoms with van der Waals surface area (Å²) >= 11 is 1.56. The number of nitrogen functional groups attached to an aromatic ring is 1. The summed E-state index contributed by atoms with van der Waals surface area (Å²) in [6, 6.07) is 5.73. The second-order valence-corrected chi connectivity index (χ2v) is 6.25. The van der Waals surface area contributed by atoms with Gasteiger partial charge in [0.2, 0.25) is 0 Å². The first-order valence-electron chi connectivity index (χ1n) is 7.81. The van der Waals surface area contributed by atoms with Crippen LogP contribution in [0.1, 0.15) is 12.0 Å². The lowest BCUT2D eigenvalue weighted by atomic mass is 10.0. The van der Waals surface area contributed by atoms with E-state index in [0.717, 1.165) is 21.7 Å². The molecule has 1 aromatic carbocycles. The summed E-state index contributed by atoms with van der Waals surface area (Å²) in [6.07, 6.45) is 0.702. The number of allylic oxidation sites excluding steroid dienone is 2. The zero-order chi connectivity index (χ0) is 17.4. The summed E-state index contributed by atoms with van der Waals surface area (Å²) in [5, 5.41) is 29.2. The zero-order valence-corrected chi connectivity index (χ0v) is 14.3. The van der Waals surface area contributed by atoms with Gasteiger partial charge < -0.3 is 26.0 Å². The molecule has 0 unspecified atom stereocenters. The SMILES string of the molecule is Nc1ccc(N(CCO)CCO)cc1C1=CSC(=C=NCCO)C1. The number of aliphatic hydroxyl groups is 3. The maximum absolute atomic E-state index is 9.20. The maximum atomic E-state index is 9.20. The van der Waals surface area contributed by atoms with Gasteiger partial charge in [0, 0.05) is 36.4 Å². The Bertz CT molecular complexity index is 648. The molecule has 0 saturated carbocycles. The summed E-state index contributed by atoms with van der Waals surface area (Å²) in [6.45, 7) is 1.33. The average Bonchev–Trinajstić information content (AvgIpc) is 3.04. The Morgan fingerprint density at radius 3 is 2.58 bits per heavy atom. The van der Waals surface area contributed by atoms with Crippen LogP contribution in [0.15, 0.2) is 33.5 Å². The van der Waals surface area contributed by atoms with E-state index < -0.39 is 0 Å². The number of aliphatic hydroxyl groups excluding tert-OH is 3.